The largest absolute Gasteiger partial charge is 0.513 e. The Kier molecular flexibility index (Phi) is 32.7. The molecule has 6 aliphatic carbocycles. The van der Waals surface area contributed by atoms with Crippen LogP contribution in [-0.4, -0.2) is 166 Å². The van der Waals surface area contributed by atoms with Gasteiger partial charge in [-0.15, -0.1) is 0 Å². The normalized spacial score (nSPS) is 27.1. The van der Waals surface area contributed by atoms with Gasteiger partial charge in [0.15, 0.2) is 17.1 Å². The van der Waals surface area contributed by atoms with Gasteiger partial charge in [0.25, 0.3) is 11.8 Å². The second kappa shape index (κ2) is 42.2. The Morgan fingerprint density at radius 3 is 1.46 bits per heavy atom. The average Bonchev–Trinajstić information content (AvgIpc) is 1.65. The van der Waals surface area contributed by atoms with Crippen LogP contribution >= 0.6 is 11.6 Å². The third-order valence-electron chi connectivity index (χ3n) is 28.7. The highest BCUT2D eigenvalue weighted by molar-refractivity contribution is 6.32. The lowest BCUT2D eigenvalue weighted by atomic mass is 9.69. The second-order valence-corrected chi connectivity index (χ2v) is 38.2. The lowest BCUT2D eigenvalue weighted by Crippen LogP contribution is -2.53. The molecule has 2 atom stereocenters. The summed E-state index contributed by atoms with van der Waals surface area (Å²) in [4.78, 5) is 88.7. The maximum absolute atomic E-state index is 13.2. The zero-order chi connectivity index (χ0) is 93.2. The van der Waals surface area contributed by atoms with Crippen LogP contribution < -0.4 is 16.0 Å². The first-order valence-electron chi connectivity index (χ1n) is 45.9. The van der Waals surface area contributed by atoms with Crippen LogP contribution in [0.1, 0.15) is 261 Å². The molecule has 5 aromatic carbocycles. The molecule has 0 aromatic heterocycles. The molecule has 24 heteroatoms. The van der Waals surface area contributed by atoms with Crippen molar-refractivity contribution in [3.8, 4) is 0 Å². The number of hydrogen-bond acceptors (Lipinski definition) is 20. The number of carbonyl (C=O) groups is 7. The predicted octanol–water partition coefficient (Wildman–Crippen LogP) is 20.4. The fraction of sp³-hybridized carbons (Fsp3) is 0.567. The van der Waals surface area contributed by atoms with Crippen molar-refractivity contribution in [2.45, 2.75) is 292 Å². The van der Waals surface area contributed by atoms with Crippen LogP contribution in [0.3, 0.4) is 0 Å². The second-order valence-electron chi connectivity index (χ2n) is 37.8. The molecule has 23 nitrogen and oxygen atoms in total. The van der Waals surface area contributed by atoms with Gasteiger partial charge in [0.2, 0.25) is 5.91 Å². The van der Waals surface area contributed by atoms with E-state index >= 15 is 0 Å². The molecule has 10 aliphatic rings. The van der Waals surface area contributed by atoms with Crippen LogP contribution in [0.4, 0.5) is 9.59 Å². The Hall–Kier alpha value is -9.36. The number of halogens is 1. The van der Waals surface area contributed by atoms with E-state index < -0.39 is 52.5 Å². The summed E-state index contributed by atoms with van der Waals surface area (Å²) in [5.41, 5.74) is 16.5. The van der Waals surface area contributed by atoms with E-state index in [2.05, 4.69) is 47.1 Å². The van der Waals surface area contributed by atoms with E-state index in [0.717, 1.165) is 217 Å². The van der Waals surface area contributed by atoms with E-state index in [1.165, 1.54) is 5.56 Å². The topological polar surface area (TPSA) is 309 Å². The summed E-state index contributed by atoms with van der Waals surface area (Å²) in [6.07, 6.45) is 16.1. The fourth-order valence-electron chi connectivity index (χ4n) is 22.1. The average molecular weight is 1790 g/mol. The first kappa shape index (κ1) is 99.2. The number of aliphatic hydroxyl groups excluding tert-OH is 3. The van der Waals surface area contributed by atoms with Gasteiger partial charge in [0.1, 0.15) is 34.9 Å². The number of benzene rings is 5. The molecule has 4 aliphatic heterocycles. The Balaban J connectivity index is 0.000000155. The van der Waals surface area contributed by atoms with E-state index in [1.807, 2.05) is 126 Å². The summed E-state index contributed by atoms with van der Waals surface area (Å²) in [5, 5.41) is 43.0. The van der Waals surface area contributed by atoms with Gasteiger partial charge in [-0.1, -0.05) is 88.5 Å². The quantitative estimate of drug-likeness (QED) is 0.0351. The van der Waals surface area contributed by atoms with Crippen molar-refractivity contribution in [1.82, 2.24) is 16.0 Å². The van der Waals surface area contributed by atoms with Crippen molar-refractivity contribution >= 4 is 75.7 Å². The maximum Gasteiger partial charge on any atom is 0.513 e. The number of carbonyl (C=O) groups excluding carboxylic acids is 7. The number of amides is 3. The first-order chi connectivity index (χ1) is 60.8. The van der Waals surface area contributed by atoms with E-state index in [9.17, 15) is 48.9 Å². The molecule has 5 saturated carbocycles. The lowest BCUT2D eigenvalue weighted by molar-refractivity contribution is -0.152. The van der Waals surface area contributed by atoms with Gasteiger partial charge in [0, 0.05) is 72.2 Å². The van der Waals surface area contributed by atoms with Crippen LogP contribution in [0, 0.1) is 113 Å². The van der Waals surface area contributed by atoms with Crippen LogP contribution in [0.25, 0.3) is 22.3 Å². The summed E-state index contributed by atoms with van der Waals surface area (Å²) < 4.78 is 53.8. The van der Waals surface area contributed by atoms with Gasteiger partial charge < -0.3 is 78.6 Å². The molecule has 0 radical (unpaired) electrons. The molecule has 15 rings (SSSR count). The minimum absolute atomic E-state index is 0.0579. The van der Waals surface area contributed by atoms with E-state index in [0.29, 0.717) is 95.3 Å². The highest BCUT2D eigenvalue weighted by Gasteiger charge is 2.59. The summed E-state index contributed by atoms with van der Waals surface area (Å²) in [6.45, 7) is 32.1. The summed E-state index contributed by atoms with van der Waals surface area (Å²) in [6, 6.07) is 22.1. The smallest absolute Gasteiger partial charge is 0.511 e. The third-order valence-corrected chi connectivity index (χ3v) is 29.1. The summed E-state index contributed by atoms with van der Waals surface area (Å²) >= 11 is 6.18. The maximum atomic E-state index is 13.2. The van der Waals surface area contributed by atoms with Crippen LogP contribution in [0.15, 0.2) is 89.8 Å². The number of allylic oxidation sites excluding steroid dienone is 2. The first-order valence-corrected chi connectivity index (χ1v) is 46.3. The minimum atomic E-state index is -0.856. The lowest BCUT2D eigenvalue weighted by Gasteiger charge is -2.41. The molecule has 0 bridgehead atoms. The molecule has 696 valence electrons. The Bertz CT molecular complexity index is 5020. The van der Waals surface area contributed by atoms with Gasteiger partial charge in [-0.2, -0.15) is 0 Å². The molecule has 6 N–H and O–H groups in total. The molecule has 6 fully saturated rings. The number of methoxy groups -OCH3 is 5. The Morgan fingerprint density at radius 2 is 0.938 bits per heavy atom. The minimum Gasteiger partial charge on any atom is -0.511 e. The number of esters is 1. The molecular formula is C104H138ClN3O20. The highest BCUT2D eigenvalue weighted by Crippen LogP contribution is 2.56. The van der Waals surface area contributed by atoms with Gasteiger partial charge in [0.05, 0.1) is 58.8 Å². The van der Waals surface area contributed by atoms with E-state index in [1.54, 1.807) is 49.4 Å². The van der Waals surface area contributed by atoms with Gasteiger partial charge in [-0.05, 0) is 346 Å². The van der Waals surface area contributed by atoms with Crippen molar-refractivity contribution in [3.05, 3.63) is 195 Å². The van der Waals surface area contributed by atoms with Crippen LogP contribution in [-0.2, 0) is 71.3 Å². The highest BCUT2D eigenvalue weighted by atomic mass is 35.5. The molecular weight excluding hydrogens is 1650 g/mol. The molecule has 2 unspecified atom stereocenters. The predicted molar refractivity (Wildman–Crippen MR) is 495 cm³/mol. The zero-order valence-corrected chi connectivity index (χ0v) is 79.9. The summed E-state index contributed by atoms with van der Waals surface area (Å²) in [7, 11) is 8.57. The van der Waals surface area contributed by atoms with Crippen molar-refractivity contribution in [2.24, 2.45) is 23.2 Å². The standard InChI is InChI=1S/C23H33NO5.C21H27NO5.C21H29NO3.C20H25ClO3.C19H24O4/c1-6-28-22(26)29-20-19(18-15(3)11-14(2)12-16(18)4)21(25)24-23(20)9-7-17(8-10-23)13-27-5;1-5-26-20(24)27-18-17(16-12-13(2)6-7-14(16)3)19(23)22-21(18)10-8-15(25-4)9-11-21;1-13-11-14(2)17(15(3)12-13)18-19(23)21(22-20(18)24)8-5-16(6-9-21)7-10-25-4;1-12-9-16(21)13(2)8-15(12)18-17(22)10-20(19(18)23)6-4-14(5-7-20)11-24-3;1-11-9-12(2)15(13(3)10-11)16-17(20)19(23-18(16)21)7-5-14(22-4)6-8-19/h11-12,17,19-20H,6-10,13H2,1-5H3,(H,24,25);6-7,12,15H,5,8-11H2,1-4H3,(H,22,23);11-12,16,23H,5-10H2,1-4H3,(H,22,24);8-9,14,23H,4-7,10-11H2,1-3H3;9-10,14,20H,5-8H2,1-4H3. The van der Waals surface area contributed by atoms with Crippen molar-refractivity contribution in [2.75, 3.05) is 68.6 Å². The number of rotatable bonds is 18. The van der Waals surface area contributed by atoms with Crippen molar-refractivity contribution < 1.29 is 96.2 Å². The van der Waals surface area contributed by atoms with Gasteiger partial charge >= 0.3 is 18.3 Å². The number of hydrogen-bond donors (Lipinski definition) is 6. The number of aryl methyl sites for hydroxylation is 13. The molecule has 5 aromatic rings. The molecule has 4 heterocycles. The third kappa shape index (κ3) is 21.3. The fourth-order valence-corrected chi connectivity index (χ4v) is 22.3. The number of aliphatic hydroxyl groups is 3. The molecule has 3 amide bonds. The number of ether oxygens (including phenoxy) is 10. The monoisotopic (exact) mass is 1780 g/mol. The van der Waals surface area contributed by atoms with Crippen molar-refractivity contribution in [3.63, 3.8) is 0 Å². The van der Waals surface area contributed by atoms with Crippen LogP contribution in [0.2, 0.25) is 5.02 Å². The Labute approximate surface area is 761 Å². The zero-order valence-electron chi connectivity index (χ0n) is 79.1. The van der Waals surface area contributed by atoms with Gasteiger partial charge in [-0.3, -0.25) is 19.2 Å². The molecule has 5 spiro atoms. The van der Waals surface area contributed by atoms with Crippen LogP contribution in [0.5, 0.6) is 0 Å². The number of ketones is 1. The molecule has 1 saturated heterocycles. The Morgan fingerprint density at radius 1 is 0.461 bits per heavy atom. The van der Waals surface area contributed by atoms with Gasteiger partial charge in [-0.25, -0.2) is 14.4 Å². The van der Waals surface area contributed by atoms with E-state index in [4.69, 9.17) is 59.0 Å². The van der Waals surface area contributed by atoms with E-state index in [-0.39, 0.29) is 65.9 Å². The molecule has 128 heavy (non-hydrogen) atoms. The van der Waals surface area contributed by atoms with Crippen molar-refractivity contribution in [1.29, 1.82) is 0 Å². The number of Topliss-reactive ketones (excluding diaryl/α,β-unsaturated/α-hetero) is 1. The number of nitrogens with one attached hydrogen (secondary N) is 3. The SMILES string of the molecule is CCOC(=O)OC1=C(c2cc(C)ccc2C)C(=O)NC12CCC(OC)CC2.CCOC(=O)OC1C(c2c(C)cc(C)cc2C)C(=O)NC12CCC(COC)CC2.COC1CCC2(CC1)OC(=O)C(c1c(C)cc(C)cc1C)=C2O.COCC1CCC2(CC1)CC(=O)C(c1cc(C)c(Cl)cc1C)=C2O.COCCC1CCC2(CC1)NC(=O)C(c1c(C)cc(C)cc1C)=C2O. The summed E-state index contributed by atoms with van der Waals surface area (Å²) in [5.74, 6) is 1.35.